The Morgan fingerprint density at radius 1 is 1.26 bits per heavy atom. The molecule has 0 fully saturated rings. The molecule has 0 aliphatic carbocycles. The fraction of sp³-hybridized carbons (Fsp3) is 0.235. The predicted molar refractivity (Wildman–Crippen MR) is 84.2 cm³/mol. The molecule has 1 aromatic heterocycles. The third-order valence-electron chi connectivity index (χ3n) is 3.93. The number of pyridine rings is 1. The summed E-state index contributed by atoms with van der Waals surface area (Å²) in [5.41, 5.74) is 13.1. The van der Waals surface area contributed by atoms with E-state index in [1.807, 2.05) is 18.3 Å². The van der Waals surface area contributed by atoms with Crippen molar-refractivity contribution in [2.24, 2.45) is 11.5 Å². The van der Waals surface area contributed by atoms with Crippen LogP contribution in [0.25, 0.3) is 0 Å². The fourth-order valence-electron chi connectivity index (χ4n) is 2.79. The lowest BCUT2D eigenvalue weighted by atomic mass is 9.99. The van der Waals surface area contributed by atoms with Crippen molar-refractivity contribution in [3.63, 3.8) is 0 Å². The second-order valence-electron chi connectivity index (χ2n) is 5.58. The van der Waals surface area contributed by atoms with Crippen molar-refractivity contribution in [2.75, 3.05) is 0 Å². The number of hydrogen-bond acceptors (Lipinski definition) is 4. The van der Waals surface area contributed by atoms with Gasteiger partial charge in [0.25, 0.3) is 5.91 Å². The Morgan fingerprint density at radius 3 is 2.74 bits per heavy atom. The first-order chi connectivity index (χ1) is 11.0. The van der Waals surface area contributed by atoms with E-state index in [1.165, 1.54) is 6.07 Å². The summed E-state index contributed by atoms with van der Waals surface area (Å²) in [5, 5.41) is 0. The molecule has 118 valence electrons. The largest absolute Gasteiger partial charge is 0.489 e. The first-order valence-corrected chi connectivity index (χ1v) is 7.36. The van der Waals surface area contributed by atoms with Crippen molar-refractivity contribution in [3.05, 3.63) is 58.9 Å². The summed E-state index contributed by atoms with van der Waals surface area (Å²) < 4.78 is 5.88. The Labute approximate surface area is 133 Å². The fourth-order valence-corrected chi connectivity index (χ4v) is 2.79. The second-order valence-corrected chi connectivity index (χ2v) is 5.58. The van der Waals surface area contributed by atoms with Crippen LogP contribution in [-0.2, 0) is 12.8 Å². The lowest BCUT2D eigenvalue weighted by molar-refractivity contribution is 0.0994. The number of amides is 2. The van der Waals surface area contributed by atoms with Gasteiger partial charge in [-0.25, -0.2) is 0 Å². The molecule has 0 saturated heterocycles. The van der Waals surface area contributed by atoms with E-state index in [-0.39, 0.29) is 17.2 Å². The van der Waals surface area contributed by atoms with Gasteiger partial charge in [0.1, 0.15) is 11.9 Å². The van der Waals surface area contributed by atoms with Crippen LogP contribution in [0.5, 0.6) is 5.75 Å². The Hall–Kier alpha value is -2.89. The van der Waals surface area contributed by atoms with Crippen LogP contribution >= 0.6 is 0 Å². The standard InChI is InChI=1S/C17H17N3O3/c18-16(21)12-6-11-7-13(4-3-10-2-1-5-20-9-10)23-15(11)14(8-12)17(19)22/h1-2,5-6,8-9,13H,3-4,7H2,(H2,18,21)(H2,19,22). The molecule has 0 saturated carbocycles. The van der Waals surface area contributed by atoms with E-state index in [0.717, 1.165) is 24.0 Å². The minimum atomic E-state index is -0.628. The van der Waals surface area contributed by atoms with Crippen molar-refractivity contribution in [1.82, 2.24) is 4.98 Å². The average molecular weight is 311 g/mol. The quantitative estimate of drug-likeness (QED) is 0.865. The number of benzene rings is 1. The number of hydrogen-bond donors (Lipinski definition) is 2. The van der Waals surface area contributed by atoms with Crippen molar-refractivity contribution in [2.45, 2.75) is 25.4 Å². The molecule has 1 atom stereocenters. The van der Waals surface area contributed by atoms with Crippen LogP contribution < -0.4 is 16.2 Å². The van der Waals surface area contributed by atoms with Crippen LogP contribution in [0, 0.1) is 0 Å². The zero-order valence-corrected chi connectivity index (χ0v) is 12.5. The van der Waals surface area contributed by atoms with E-state index in [4.69, 9.17) is 16.2 Å². The van der Waals surface area contributed by atoms with Crippen LogP contribution in [0.3, 0.4) is 0 Å². The summed E-state index contributed by atoms with van der Waals surface area (Å²) >= 11 is 0. The van der Waals surface area contributed by atoms with Crippen molar-refractivity contribution < 1.29 is 14.3 Å². The van der Waals surface area contributed by atoms with Gasteiger partial charge < -0.3 is 16.2 Å². The van der Waals surface area contributed by atoms with Crippen LogP contribution in [-0.4, -0.2) is 22.9 Å². The zero-order chi connectivity index (χ0) is 16.4. The van der Waals surface area contributed by atoms with Gasteiger partial charge in [0.15, 0.2) is 0 Å². The van der Waals surface area contributed by atoms with E-state index in [9.17, 15) is 9.59 Å². The highest BCUT2D eigenvalue weighted by Gasteiger charge is 2.28. The first-order valence-electron chi connectivity index (χ1n) is 7.36. The van der Waals surface area contributed by atoms with Gasteiger partial charge in [0.05, 0.1) is 5.56 Å². The van der Waals surface area contributed by atoms with Gasteiger partial charge in [-0.15, -0.1) is 0 Å². The number of nitrogens with zero attached hydrogens (tertiary/aromatic N) is 1. The van der Waals surface area contributed by atoms with Crippen molar-refractivity contribution in [1.29, 1.82) is 0 Å². The highest BCUT2D eigenvalue weighted by atomic mass is 16.5. The topological polar surface area (TPSA) is 108 Å². The Balaban J connectivity index is 1.78. The summed E-state index contributed by atoms with van der Waals surface area (Å²) in [6, 6.07) is 6.97. The highest BCUT2D eigenvalue weighted by molar-refractivity contribution is 6.01. The average Bonchev–Trinajstić information content (AvgIpc) is 2.95. The monoisotopic (exact) mass is 311 g/mol. The van der Waals surface area contributed by atoms with Gasteiger partial charge in [-0.2, -0.15) is 0 Å². The van der Waals surface area contributed by atoms with Gasteiger partial charge in [-0.05, 0) is 42.2 Å². The first kappa shape index (κ1) is 15.0. The molecule has 0 spiro atoms. The number of aryl methyl sites for hydroxylation is 1. The van der Waals surface area contributed by atoms with Crippen molar-refractivity contribution >= 4 is 11.8 Å². The third kappa shape index (κ3) is 3.15. The lowest BCUT2D eigenvalue weighted by Gasteiger charge is -2.11. The third-order valence-corrected chi connectivity index (χ3v) is 3.93. The Bertz CT molecular complexity index is 759. The van der Waals surface area contributed by atoms with Gasteiger partial charge in [-0.3, -0.25) is 14.6 Å². The van der Waals surface area contributed by atoms with Gasteiger partial charge in [0.2, 0.25) is 5.91 Å². The highest BCUT2D eigenvalue weighted by Crippen LogP contribution is 2.35. The molecule has 1 aliphatic rings. The molecular formula is C17H17N3O3. The molecule has 1 unspecified atom stereocenters. The maximum absolute atomic E-state index is 11.6. The van der Waals surface area contributed by atoms with Crippen LogP contribution in [0.15, 0.2) is 36.7 Å². The normalized spacial score (nSPS) is 15.7. The molecule has 3 rings (SSSR count). The van der Waals surface area contributed by atoms with E-state index in [0.29, 0.717) is 12.2 Å². The van der Waals surface area contributed by atoms with Crippen molar-refractivity contribution in [3.8, 4) is 5.75 Å². The molecule has 23 heavy (non-hydrogen) atoms. The van der Waals surface area contributed by atoms with Crippen LogP contribution in [0.4, 0.5) is 0 Å². The van der Waals surface area contributed by atoms with E-state index in [2.05, 4.69) is 4.98 Å². The summed E-state index contributed by atoms with van der Waals surface area (Å²) in [5.74, 6) is -0.745. The molecular weight excluding hydrogens is 294 g/mol. The van der Waals surface area contributed by atoms with Gasteiger partial charge in [-0.1, -0.05) is 6.07 Å². The van der Waals surface area contributed by atoms with E-state index in [1.54, 1.807) is 12.3 Å². The number of carbonyl (C=O) groups excluding carboxylic acids is 2. The predicted octanol–water partition coefficient (Wildman–Crippen LogP) is 1.22. The number of fused-ring (bicyclic) bond motifs is 1. The minimum absolute atomic E-state index is 0.0635. The minimum Gasteiger partial charge on any atom is -0.489 e. The summed E-state index contributed by atoms with van der Waals surface area (Å²) in [6.07, 6.45) is 5.71. The zero-order valence-electron chi connectivity index (χ0n) is 12.5. The number of nitrogens with two attached hydrogens (primary N) is 2. The SMILES string of the molecule is NC(=O)c1cc2c(c(C(N)=O)c1)OC(CCc1cccnc1)C2. The number of primary amides is 2. The van der Waals surface area contributed by atoms with Crippen LogP contribution in [0.2, 0.25) is 0 Å². The maximum Gasteiger partial charge on any atom is 0.252 e. The van der Waals surface area contributed by atoms with E-state index >= 15 is 0 Å². The summed E-state index contributed by atoms with van der Waals surface area (Å²) in [4.78, 5) is 27.1. The number of carbonyl (C=O) groups is 2. The lowest BCUT2D eigenvalue weighted by Crippen LogP contribution is -2.17. The molecule has 2 amide bonds. The Kier molecular flexibility index (Phi) is 3.97. The molecule has 6 heteroatoms. The summed E-state index contributed by atoms with van der Waals surface area (Å²) in [7, 11) is 0. The van der Waals surface area contributed by atoms with E-state index < -0.39 is 11.8 Å². The maximum atomic E-state index is 11.6. The molecule has 1 aromatic carbocycles. The number of aromatic nitrogens is 1. The second kappa shape index (κ2) is 6.08. The molecule has 1 aliphatic heterocycles. The molecule has 4 N–H and O–H groups in total. The van der Waals surface area contributed by atoms with Crippen LogP contribution in [0.1, 0.15) is 38.3 Å². The number of rotatable bonds is 5. The molecule has 0 bridgehead atoms. The molecule has 6 nitrogen and oxygen atoms in total. The number of ether oxygens (including phenoxy) is 1. The van der Waals surface area contributed by atoms with Gasteiger partial charge in [0, 0.05) is 24.4 Å². The molecule has 2 aromatic rings. The molecule has 0 radical (unpaired) electrons. The smallest absolute Gasteiger partial charge is 0.252 e. The summed E-state index contributed by atoms with van der Waals surface area (Å²) in [6.45, 7) is 0. The Morgan fingerprint density at radius 2 is 2.09 bits per heavy atom. The van der Waals surface area contributed by atoms with Gasteiger partial charge >= 0.3 is 0 Å². The molecule has 2 heterocycles.